The summed E-state index contributed by atoms with van der Waals surface area (Å²) in [6.07, 6.45) is 1.42. The topological polar surface area (TPSA) is 93.0 Å². The summed E-state index contributed by atoms with van der Waals surface area (Å²) in [7, 11) is 0. The maximum absolute atomic E-state index is 13.8. The molecule has 0 spiro atoms. The van der Waals surface area contributed by atoms with Crippen molar-refractivity contribution in [3.63, 3.8) is 0 Å². The Morgan fingerprint density at radius 1 is 0.825 bits per heavy atom. The van der Waals surface area contributed by atoms with Crippen molar-refractivity contribution in [3.8, 4) is 5.75 Å². The molecule has 1 heterocycles. The molecule has 0 N–H and O–H groups in total. The Bertz CT molecular complexity index is 1600. The molecule has 10 heteroatoms. The van der Waals surface area contributed by atoms with Gasteiger partial charge in [0, 0.05) is 22.7 Å². The zero-order valence-electron chi connectivity index (χ0n) is 20.8. The minimum atomic E-state index is -0.599. The number of thiocarbonyl (C=S) groups is 1. The predicted octanol–water partition coefficient (Wildman–Crippen LogP) is 6.58. The van der Waals surface area contributed by atoms with Gasteiger partial charge in [0.2, 0.25) is 0 Å². The molecule has 0 radical (unpaired) electrons. The van der Waals surface area contributed by atoms with Gasteiger partial charge in [-0.3, -0.25) is 29.5 Å². The molecule has 0 unspecified atom stereocenters. The van der Waals surface area contributed by atoms with E-state index >= 15 is 0 Å². The summed E-state index contributed by atoms with van der Waals surface area (Å²) < 4.78 is 5.97. The number of ether oxygens (including phenoxy) is 1. The van der Waals surface area contributed by atoms with Crippen LogP contribution in [0, 0.1) is 10.1 Å². The number of para-hydroxylation sites is 2. The molecular formula is C30H20ClN3O5S. The van der Waals surface area contributed by atoms with Gasteiger partial charge in [0.05, 0.1) is 16.3 Å². The van der Waals surface area contributed by atoms with E-state index in [0.29, 0.717) is 33.3 Å². The fraction of sp³-hybridized carbons (Fsp3) is 0.0333. The molecule has 1 saturated heterocycles. The van der Waals surface area contributed by atoms with Gasteiger partial charge in [-0.2, -0.15) is 0 Å². The van der Waals surface area contributed by atoms with Gasteiger partial charge in [-0.1, -0.05) is 60.1 Å². The molecular weight excluding hydrogens is 550 g/mol. The summed E-state index contributed by atoms with van der Waals surface area (Å²) in [6.45, 7) is 0.0117. The number of hydrogen-bond donors (Lipinski definition) is 0. The number of halogens is 1. The Balaban J connectivity index is 1.56. The molecule has 1 aliphatic heterocycles. The zero-order valence-corrected chi connectivity index (χ0v) is 22.3. The van der Waals surface area contributed by atoms with Gasteiger partial charge in [0.1, 0.15) is 17.9 Å². The zero-order chi connectivity index (χ0) is 28.2. The van der Waals surface area contributed by atoms with E-state index in [1.807, 2.05) is 12.1 Å². The van der Waals surface area contributed by atoms with Gasteiger partial charge in [-0.05, 0) is 66.3 Å². The largest absolute Gasteiger partial charge is 0.488 e. The molecule has 0 aliphatic carbocycles. The van der Waals surface area contributed by atoms with Crippen LogP contribution in [0.5, 0.6) is 5.75 Å². The first-order valence-electron chi connectivity index (χ1n) is 12.0. The number of carbonyl (C=O) groups is 2. The summed E-state index contributed by atoms with van der Waals surface area (Å²) in [5.74, 6) is -0.870. The molecule has 1 fully saturated rings. The molecule has 4 aromatic carbocycles. The number of nitrogens with zero attached hydrogens (tertiary/aromatic N) is 3. The van der Waals surface area contributed by atoms with Crippen molar-refractivity contribution in [1.82, 2.24) is 0 Å². The highest BCUT2D eigenvalue weighted by molar-refractivity contribution is 7.81. The average molecular weight is 570 g/mol. The SMILES string of the molecule is O=C1C(=Cc2cc(Cl)ccc2OCc2cccc([N+](=O)[O-])c2)C(=O)N(c2ccccc2)C(=S)N1c1ccccc1. The van der Waals surface area contributed by atoms with Crippen LogP contribution in [0.15, 0.2) is 109 Å². The molecule has 8 nitrogen and oxygen atoms in total. The minimum absolute atomic E-state index is 0.0117. The molecule has 198 valence electrons. The van der Waals surface area contributed by atoms with Crippen LogP contribution >= 0.6 is 23.8 Å². The smallest absolute Gasteiger partial charge is 0.270 e. The standard InChI is InChI=1S/C30H20ClN3O5S/c31-22-14-15-27(39-19-20-8-7-13-25(16-20)34(37)38)21(17-22)18-26-28(35)32(23-9-3-1-4-10-23)30(40)33(29(26)36)24-11-5-2-6-12-24/h1-18H,19H2. The van der Waals surface area contributed by atoms with E-state index in [0.717, 1.165) is 0 Å². The summed E-state index contributed by atoms with van der Waals surface area (Å²) in [4.78, 5) is 40.9. The predicted molar refractivity (Wildman–Crippen MR) is 157 cm³/mol. The summed E-state index contributed by atoms with van der Waals surface area (Å²) in [6, 6.07) is 28.5. The van der Waals surface area contributed by atoms with Gasteiger partial charge in [-0.15, -0.1) is 0 Å². The van der Waals surface area contributed by atoms with E-state index in [2.05, 4.69) is 0 Å². The van der Waals surface area contributed by atoms with Crippen LogP contribution in [0.2, 0.25) is 5.02 Å². The molecule has 0 atom stereocenters. The third-order valence-electron chi connectivity index (χ3n) is 6.07. The summed E-state index contributed by atoms with van der Waals surface area (Å²) >= 11 is 11.9. The van der Waals surface area contributed by atoms with E-state index in [-0.39, 0.29) is 23.0 Å². The van der Waals surface area contributed by atoms with Crippen molar-refractivity contribution in [1.29, 1.82) is 0 Å². The van der Waals surface area contributed by atoms with Crippen LogP contribution in [-0.2, 0) is 16.2 Å². The molecule has 0 aromatic heterocycles. The lowest BCUT2D eigenvalue weighted by molar-refractivity contribution is -0.384. The molecule has 4 aromatic rings. The average Bonchev–Trinajstić information content (AvgIpc) is 2.96. The molecule has 40 heavy (non-hydrogen) atoms. The van der Waals surface area contributed by atoms with Crippen molar-refractivity contribution in [2.75, 3.05) is 9.80 Å². The number of benzene rings is 4. The first-order valence-corrected chi connectivity index (χ1v) is 12.8. The maximum atomic E-state index is 13.8. The quantitative estimate of drug-likeness (QED) is 0.0821. The third kappa shape index (κ3) is 5.47. The maximum Gasteiger partial charge on any atom is 0.270 e. The van der Waals surface area contributed by atoms with Crippen LogP contribution in [0.4, 0.5) is 17.1 Å². The molecule has 0 saturated carbocycles. The fourth-order valence-corrected chi connectivity index (χ4v) is 4.74. The Morgan fingerprint density at radius 2 is 1.43 bits per heavy atom. The summed E-state index contributed by atoms with van der Waals surface area (Å²) in [5, 5.41) is 11.5. The Kier molecular flexibility index (Phi) is 7.68. The number of nitro groups is 1. The van der Waals surface area contributed by atoms with E-state index in [1.54, 1.807) is 78.9 Å². The number of nitro benzene ring substituents is 1. The highest BCUT2D eigenvalue weighted by Gasteiger charge is 2.41. The van der Waals surface area contributed by atoms with E-state index < -0.39 is 16.7 Å². The molecule has 1 aliphatic rings. The van der Waals surface area contributed by atoms with Crippen molar-refractivity contribution < 1.29 is 19.2 Å². The van der Waals surface area contributed by atoms with Crippen LogP contribution in [0.25, 0.3) is 6.08 Å². The summed E-state index contributed by atoms with van der Waals surface area (Å²) in [5.41, 5.74) is 1.75. The van der Waals surface area contributed by atoms with Gasteiger partial charge < -0.3 is 4.74 Å². The van der Waals surface area contributed by atoms with Gasteiger partial charge in [-0.25, -0.2) is 0 Å². The monoisotopic (exact) mass is 569 g/mol. The second-order valence-electron chi connectivity index (χ2n) is 8.69. The Hall–Kier alpha value is -4.86. The molecule has 5 rings (SSSR count). The lowest BCUT2D eigenvalue weighted by Crippen LogP contribution is -2.56. The van der Waals surface area contributed by atoms with Crippen LogP contribution in [0.3, 0.4) is 0 Å². The third-order valence-corrected chi connectivity index (χ3v) is 6.67. The fourth-order valence-electron chi connectivity index (χ4n) is 4.18. The van der Waals surface area contributed by atoms with Crippen LogP contribution in [-0.4, -0.2) is 21.9 Å². The number of rotatable bonds is 7. The van der Waals surface area contributed by atoms with Crippen LogP contribution < -0.4 is 14.5 Å². The van der Waals surface area contributed by atoms with Crippen molar-refractivity contribution >= 4 is 63.9 Å². The first-order chi connectivity index (χ1) is 19.3. The van der Waals surface area contributed by atoms with Crippen LogP contribution in [0.1, 0.15) is 11.1 Å². The van der Waals surface area contributed by atoms with E-state index in [9.17, 15) is 19.7 Å². The van der Waals surface area contributed by atoms with Gasteiger partial charge >= 0.3 is 0 Å². The number of carbonyl (C=O) groups excluding carboxylic acids is 2. The van der Waals surface area contributed by atoms with Crippen molar-refractivity contribution in [2.24, 2.45) is 0 Å². The second-order valence-corrected chi connectivity index (χ2v) is 9.49. The lowest BCUT2D eigenvalue weighted by atomic mass is 10.0. The highest BCUT2D eigenvalue weighted by Crippen LogP contribution is 2.32. The van der Waals surface area contributed by atoms with Crippen molar-refractivity contribution in [2.45, 2.75) is 6.61 Å². The molecule has 2 amide bonds. The number of amides is 2. The number of anilines is 2. The van der Waals surface area contributed by atoms with Gasteiger partial charge in [0.15, 0.2) is 5.11 Å². The van der Waals surface area contributed by atoms with E-state index in [1.165, 1.54) is 28.0 Å². The molecule has 0 bridgehead atoms. The Morgan fingerprint density at radius 3 is 2.00 bits per heavy atom. The minimum Gasteiger partial charge on any atom is -0.488 e. The first kappa shape index (κ1) is 26.7. The normalized spacial score (nSPS) is 13.4. The second kappa shape index (κ2) is 11.5. The number of hydrogen-bond acceptors (Lipinski definition) is 6. The van der Waals surface area contributed by atoms with E-state index in [4.69, 9.17) is 28.6 Å². The van der Waals surface area contributed by atoms with Gasteiger partial charge in [0.25, 0.3) is 17.5 Å². The number of non-ortho nitro benzene ring substituents is 1. The van der Waals surface area contributed by atoms with Crippen molar-refractivity contribution in [3.05, 3.63) is 135 Å². The Labute approximate surface area is 239 Å². The lowest BCUT2D eigenvalue weighted by Gasteiger charge is -2.36. The highest BCUT2D eigenvalue weighted by atomic mass is 35.5.